The number of anilines is 1. The van der Waals surface area contributed by atoms with Crippen LogP contribution < -0.4 is 5.32 Å². The van der Waals surface area contributed by atoms with Crippen LogP contribution in [0.25, 0.3) is 0 Å². The Hall–Kier alpha value is -1.95. The van der Waals surface area contributed by atoms with E-state index in [4.69, 9.17) is 0 Å². The van der Waals surface area contributed by atoms with Gasteiger partial charge in [0.25, 0.3) is 0 Å². The summed E-state index contributed by atoms with van der Waals surface area (Å²) in [5.74, 6) is -0.946. The summed E-state index contributed by atoms with van der Waals surface area (Å²) in [4.78, 5) is 38.7. The number of carbonyl (C=O) groups excluding carboxylic acids is 3. The van der Waals surface area contributed by atoms with Gasteiger partial charge in [-0.15, -0.1) is 0 Å². The highest BCUT2D eigenvalue weighted by Gasteiger charge is 2.56. The van der Waals surface area contributed by atoms with E-state index in [2.05, 4.69) is 33.4 Å². The Bertz CT molecular complexity index is 711. The lowest BCUT2D eigenvalue weighted by Crippen LogP contribution is -2.38. The average Bonchev–Trinajstić information content (AvgIpc) is 2.85. The Kier molecular flexibility index (Phi) is 3.79. The van der Waals surface area contributed by atoms with Crippen molar-refractivity contribution in [3.63, 3.8) is 0 Å². The number of nitrogens with zero attached hydrogens (tertiary/aromatic N) is 1. The number of nitrogens with one attached hydrogen (secondary N) is 1. The largest absolute Gasteiger partial charge is 0.325 e. The van der Waals surface area contributed by atoms with Crippen molar-refractivity contribution >= 4 is 39.3 Å². The van der Waals surface area contributed by atoms with Gasteiger partial charge in [-0.2, -0.15) is 0 Å². The summed E-state index contributed by atoms with van der Waals surface area (Å²) in [6.07, 6.45) is 6.07. The van der Waals surface area contributed by atoms with Crippen molar-refractivity contribution in [2.75, 3.05) is 11.9 Å². The maximum atomic E-state index is 12.7. The van der Waals surface area contributed by atoms with Gasteiger partial charge in [0.15, 0.2) is 0 Å². The van der Waals surface area contributed by atoms with E-state index in [1.165, 1.54) is 0 Å². The van der Waals surface area contributed by atoms with Crippen LogP contribution >= 0.6 is 15.9 Å². The number of fused-ring (bicyclic) bond motifs is 1. The first-order valence-electron chi connectivity index (χ1n) is 8.13. The number of hydrogen-bond acceptors (Lipinski definition) is 3. The third-order valence-corrected chi connectivity index (χ3v) is 5.81. The van der Waals surface area contributed by atoms with Gasteiger partial charge in [0.05, 0.1) is 11.8 Å². The van der Waals surface area contributed by atoms with Crippen LogP contribution in [0.5, 0.6) is 0 Å². The summed E-state index contributed by atoms with van der Waals surface area (Å²) in [5, 5.41) is 2.74. The third kappa shape index (κ3) is 2.49. The molecule has 6 heteroatoms. The molecule has 3 aliphatic carbocycles. The summed E-state index contributed by atoms with van der Waals surface area (Å²) in [5.41, 5.74) is 0.640. The molecule has 0 spiro atoms. The first-order chi connectivity index (χ1) is 11.5. The lowest BCUT2D eigenvalue weighted by atomic mass is 9.63. The number of carbonyl (C=O) groups is 3. The van der Waals surface area contributed by atoms with Crippen LogP contribution in [0.15, 0.2) is 40.9 Å². The van der Waals surface area contributed by atoms with Crippen molar-refractivity contribution in [1.82, 2.24) is 4.90 Å². The van der Waals surface area contributed by atoms with Gasteiger partial charge in [0, 0.05) is 10.2 Å². The van der Waals surface area contributed by atoms with Crippen LogP contribution in [0.4, 0.5) is 5.69 Å². The van der Waals surface area contributed by atoms with E-state index in [9.17, 15) is 14.4 Å². The zero-order valence-electron chi connectivity index (χ0n) is 12.9. The molecule has 0 radical (unpaired) electrons. The average molecular weight is 389 g/mol. The second-order valence-electron chi connectivity index (χ2n) is 6.66. The fraction of sp³-hybridized carbons (Fsp3) is 0.389. The minimum absolute atomic E-state index is 0.149. The van der Waals surface area contributed by atoms with Crippen molar-refractivity contribution in [2.45, 2.75) is 12.8 Å². The Morgan fingerprint density at radius 3 is 2.08 bits per heavy atom. The maximum Gasteiger partial charge on any atom is 0.244 e. The Balaban J connectivity index is 1.47. The predicted molar refractivity (Wildman–Crippen MR) is 91.8 cm³/mol. The molecule has 1 saturated carbocycles. The molecule has 1 saturated heterocycles. The predicted octanol–water partition coefficient (Wildman–Crippen LogP) is 2.58. The fourth-order valence-electron chi connectivity index (χ4n) is 4.17. The molecule has 124 valence electrons. The quantitative estimate of drug-likeness (QED) is 0.639. The van der Waals surface area contributed by atoms with E-state index in [0.717, 1.165) is 22.2 Å². The highest BCUT2D eigenvalue weighted by Crippen LogP contribution is 2.49. The van der Waals surface area contributed by atoms with Gasteiger partial charge >= 0.3 is 0 Å². The van der Waals surface area contributed by atoms with E-state index >= 15 is 0 Å². The van der Waals surface area contributed by atoms with Crippen molar-refractivity contribution in [3.05, 3.63) is 40.9 Å². The molecular weight excluding hydrogens is 372 g/mol. The van der Waals surface area contributed by atoms with Crippen LogP contribution in [-0.2, 0) is 14.4 Å². The minimum Gasteiger partial charge on any atom is -0.325 e. The van der Waals surface area contributed by atoms with Crippen molar-refractivity contribution < 1.29 is 14.4 Å². The molecule has 1 heterocycles. The highest BCUT2D eigenvalue weighted by molar-refractivity contribution is 9.10. The summed E-state index contributed by atoms with van der Waals surface area (Å²) >= 11 is 3.33. The smallest absolute Gasteiger partial charge is 0.244 e. The number of benzene rings is 1. The lowest BCUT2D eigenvalue weighted by molar-refractivity contribution is -0.142. The molecule has 2 fully saturated rings. The molecule has 5 nitrogen and oxygen atoms in total. The number of imide groups is 1. The fourth-order valence-corrected chi connectivity index (χ4v) is 4.43. The SMILES string of the molecule is O=C(CN1C(=O)[C@@H]2[C@H](C1=O)[C@H]1C=C[C@H]2CC1)Nc1ccc(Br)cc1. The van der Waals surface area contributed by atoms with Crippen LogP contribution in [0.2, 0.25) is 0 Å². The van der Waals surface area contributed by atoms with Crippen molar-refractivity contribution in [2.24, 2.45) is 23.7 Å². The molecule has 5 rings (SSSR count). The van der Waals surface area contributed by atoms with Gasteiger partial charge in [-0.25, -0.2) is 0 Å². The summed E-state index contributed by atoms with van der Waals surface area (Å²) < 4.78 is 0.914. The standard InChI is InChI=1S/C18H17BrN2O3/c19-12-5-7-13(8-6-12)20-14(22)9-21-17(23)15-10-1-2-11(4-3-10)16(15)18(21)24/h1-2,5-8,10-11,15-16H,3-4,9H2,(H,20,22)/t10-,11-,15-,16+/m0/s1. The number of rotatable bonds is 3. The molecular formula is C18H17BrN2O3. The lowest BCUT2D eigenvalue weighted by Gasteiger charge is -2.38. The summed E-state index contributed by atoms with van der Waals surface area (Å²) in [7, 11) is 0. The molecule has 1 aromatic rings. The van der Waals surface area contributed by atoms with Crippen LogP contribution in [0, 0.1) is 23.7 Å². The van der Waals surface area contributed by atoms with Gasteiger partial charge in [-0.3, -0.25) is 19.3 Å². The normalized spacial score (nSPS) is 30.6. The summed E-state index contributed by atoms with van der Waals surface area (Å²) in [6, 6.07) is 7.17. The van der Waals surface area contributed by atoms with Crippen molar-refractivity contribution in [1.29, 1.82) is 0 Å². The van der Waals surface area contributed by atoms with E-state index in [-0.39, 0.29) is 47.9 Å². The molecule has 1 aliphatic heterocycles. The summed E-state index contributed by atoms with van der Waals surface area (Å²) in [6.45, 7) is -0.208. The number of amides is 3. The molecule has 0 aromatic heterocycles. The van der Waals surface area contributed by atoms with Crippen molar-refractivity contribution in [3.8, 4) is 0 Å². The molecule has 2 bridgehead atoms. The zero-order chi connectivity index (χ0) is 16.8. The van der Waals surface area contributed by atoms with E-state index < -0.39 is 0 Å². The van der Waals surface area contributed by atoms with Crippen LogP contribution in [0.3, 0.4) is 0 Å². The minimum atomic E-state index is -0.349. The molecule has 4 aliphatic rings. The molecule has 0 unspecified atom stereocenters. The zero-order valence-corrected chi connectivity index (χ0v) is 14.5. The van der Waals surface area contributed by atoms with Crippen LogP contribution in [0.1, 0.15) is 12.8 Å². The topological polar surface area (TPSA) is 66.5 Å². The Morgan fingerprint density at radius 1 is 1.04 bits per heavy atom. The third-order valence-electron chi connectivity index (χ3n) is 5.28. The molecule has 1 N–H and O–H groups in total. The molecule has 4 atom stereocenters. The van der Waals surface area contributed by atoms with E-state index in [0.29, 0.717) is 5.69 Å². The number of likely N-dealkylation sites (tertiary alicyclic amines) is 1. The molecule has 3 amide bonds. The first-order valence-corrected chi connectivity index (χ1v) is 8.93. The number of hydrogen-bond donors (Lipinski definition) is 1. The monoisotopic (exact) mass is 388 g/mol. The molecule has 24 heavy (non-hydrogen) atoms. The second-order valence-corrected chi connectivity index (χ2v) is 7.57. The first kappa shape index (κ1) is 15.6. The van der Waals surface area contributed by atoms with E-state index in [1.807, 2.05) is 12.1 Å². The number of allylic oxidation sites excluding steroid dienone is 2. The van der Waals surface area contributed by atoms with Crippen LogP contribution in [-0.4, -0.2) is 29.2 Å². The van der Waals surface area contributed by atoms with Gasteiger partial charge < -0.3 is 5.32 Å². The maximum absolute atomic E-state index is 12.7. The van der Waals surface area contributed by atoms with Gasteiger partial charge in [0.1, 0.15) is 6.54 Å². The van der Waals surface area contributed by atoms with Gasteiger partial charge in [0.2, 0.25) is 17.7 Å². The second kappa shape index (κ2) is 5.84. The van der Waals surface area contributed by atoms with E-state index in [1.54, 1.807) is 12.1 Å². The molecule has 1 aromatic carbocycles. The van der Waals surface area contributed by atoms with Gasteiger partial charge in [-0.1, -0.05) is 28.1 Å². The Morgan fingerprint density at radius 2 is 1.58 bits per heavy atom. The van der Waals surface area contributed by atoms with Gasteiger partial charge in [-0.05, 0) is 48.9 Å². The highest BCUT2D eigenvalue weighted by atomic mass is 79.9. The Labute approximate surface area is 148 Å². The number of halogens is 1.